The van der Waals surface area contributed by atoms with Crippen LogP contribution in [0.4, 0.5) is 0 Å². The summed E-state index contributed by atoms with van der Waals surface area (Å²) in [6.07, 6.45) is 0.915. The van der Waals surface area contributed by atoms with E-state index < -0.39 is 5.97 Å². The lowest BCUT2D eigenvalue weighted by Gasteiger charge is -2.25. The van der Waals surface area contributed by atoms with Gasteiger partial charge in [0, 0.05) is 11.5 Å². The predicted octanol–water partition coefficient (Wildman–Crippen LogP) is 2.44. The minimum Gasteiger partial charge on any atom is -0.489 e. The summed E-state index contributed by atoms with van der Waals surface area (Å²) in [4.78, 5) is 10.7. The van der Waals surface area contributed by atoms with E-state index in [0.717, 1.165) is 22.8 Å². The molecule has 1 heterocycles. The highest BCUT2D eigenvalue weighted by atomic mass is 32.2. The summed E-state index contributed by atoms with van der Waals surface area (Å²) >= 11 is 1.89. The zero-order valence-corrected chi connectivity index (χ0v) is 10.6. The van der Waals surface area contributed by atoms with Crippen LogP contribution in [0.15, 0.2) is 24.3 Å². The van der Waals surface area contributed by atoms with Crippen LogP contribution in [0.5, 0.6) is 5.75 Å². The summed E-state index contributed by atoms with van der Waals surface area (Å²) in [6, 6.07) is 7.74. The number of carboxylic acid groups (broad SMARTS) is 1. The van der Waals surface area contributed by atoms with E-state index in [0.29, 0.717) is 12.5 Å². The molecule has 0 aliphatic carbocycles. The van der Waals surface area contributed by atoms with Gasteiger partial charge in [0.05, 0.1) is 5.92 Å². The molecule has 0 spiro atoms. The second-order valence-electron chi connectivity index (χ2n) is 4.36. The molecule has 1 saturated heterocycles. The maximum atomic E-state index is 10.7. The molecule has 0 saturated carbocycles. The molecular formula is C13H16O3S. The van der Waals surface area contributed by atoms with Gasteiger partial charge in [-0.25, -0.2) is 0 Å². The fraction of sp³-hybridized carbons (Fsp3) is 0.462. The molecule has 4 heteroatoms. The van der Waals surface area contributed by atoms with Gasteiger partial charge in [0.15, 0.2) is 0 Å². The molecule has 0 aromatic heterocycles. The van der Waals surface area contributed by atoms with Gasteiger partial charge < -0.3 is 9.84 Å². The molecule has 1 fully saturated rings. The highest BCUT2D eigenvalue weighted by Crippen LogP contribution is 2.24. The quantitative estimate of drug-likeness (QED) is 0.874. The maximum Gasteiger partial charge on any atom is 0.306 e. The minimum atomic E-state index is -0.753. The molecular weight excluding hydrogens is 236 g/mol. The number of carbonyl (C=O) groups is 1. The van der Waals surface area contributed by atoms with Gasteiger partial charge in [-0.1, -0.05) is 19.1 Å². The third-order valence-electron chi connectivity index (χ3n) is 2.80. The van der Waals surface area contributed by atoms with Crippen LogP contribution in [0.2, 0.25) is 0 Å². The Hall–Kier alpha value is -1.16. The van der Waals surface area contributed by atoms with Crippen molar-refractivity contribution in [3.05, 3.63) is 29.8 Å². The summed E-state index contributed by atoms with van der Waals surface area (Å²) in [5, 5.41) is 8.83. The first-order chi connectivity index (χ1) is 8.15. The molecule has 0 bridgehead atoms. The van der Waals surface area contributed by atoms with Gasteiger partial charge in [0.2, 0.25) is 0 Å². The van der Waals surface area contributed by atoms with E-state index in [1.807, 2.05) is 36.0 Å². The van der Waals surface area contributed by atoms with E-state index in [2.05, 4.69) is 0 Å². The van der Waals surface area contributed by atoms with Gasteiger partial charge in [-0.15, -0.1) is 0 Å². The second kappa shape index (κ2) is 5.45. The second-order valence-corrected chi connectivity index (χ2v) is 5.44. The van der Waals surface area contributed by atoms with Crippen LogP contribution in [-0.2, 0) is 11.2 Å². The third-order valence-corrected chi connectivity index (χ3v) is 4.01. The molecule has 3 nitrogen and oxygen atoms in total. The van der Waals surface area contributed by atoms with Gasteiger partial charge in [0.1, 0.15) is 11.9 Å². The minimum absolute atomic E-state index is 0.343. The number of carboxylic acids is 1. The van der Waals surface area contributed by atoms with Crippen molar-refractivity contribution in [2.24, 2.45) is 5.92 Å². The standard InChI is InChI=1S/C13H16O3S/c1-9(13(14)15)6-10-2-4-11(5-3-10)16-12-7-17-8-12/h2-5,9,12H,6-8H2,1H3,(H,14,15). The van der Waals surface area contributed by atoms with Crippen molar-refractivity contribution in [3.63, 3.8) is 0 Å². The fourth-order valence-electron chi connectivity index (χ4n) is 1.62. The van der Waals surface area contributed by atoms with E-state index in [4.69, 9.17) is 9.84 Å². The average Bonchev–Trinajstić information content (AvgIpc) is 2.25. The normalized spacial score (nSPS) is 17.2. The lowest BCUT2D eigenvalue weighted by atomic mass is 10.0. The Labute approximate surface area is 105 Å². The highest BCUT2D eigenvalue weighted by Gasteiger charge is 2.19. The number of thioether (sulfide) groups is 1. The van der Waals surface area contributed by atoms with Crippen molar-refractivity contribution in [1.29, 1.82) is 0 Å². The predicted molar refractivity (Wildman–Crippen MR) is 68.7 cm³/mol. The SMILES string of the molecule is CC(Cc1ccc(OC2CSC2)cc1)C(=O)O. The van der Waals surface area contributed by atoms with Crippen molar-refractivity contribution >= 4 is 17.7 Å². The first-order valence-corrected chi connectivity index (χ1v) is 6.87. The van der Waals surface area contributed by atoms with E-state index in [1.165, 1.54) is 0 Å². The highest BCUT2D eigenvalue weighted by molar-refractivity contribution is 8.00. The number of hydrogen-bond donors (Lipinski definition) is 1. The molecule has 92 valence electrons. The Morgan fingerprint density at radius 1 is 1.47 bits per heavy atom. The van der Waals surface area contributed by atoms with Crippen LogP contribution < -0.4 is 4.74 Å². The van der Waals surface area contributed by atoms with Crippen LogP contribution in [0.1, 0.15) is 12.5 Å². The van der Waals surface area contributed by atoms with Gasteiger partial charge >= 0.3 is 5.97 Å². The van der Waals surface area contributed by atoms with Gasteiger partial charge in [-0.3, -0.25) is 4.79 Å². The zero-order valence-electron chi connectivity index (χ0n) is 9.76. The Balaban J connectivity index is 1.90. The number of rotatable bonds is 5. The lowest BCUT2D eigenvalue weighted by molar-refractivity contribution is -0.141. The van der Waals surface area contributed by atoms with E-state index in [-0.39, 0.29) is 5.92 Å². The van der Waals surface area contributed by atoms with Gasteiger partial charge in [0.25, 0.3) is 0 Å². The molecule has 2 rings (SSSR count). The van der Waals surface area contributed by atoms with Crippen molar-refractivity contribution in [1.82, 2.24) is 0 Å². The Bertz CT molecular complexity index is 384. The van der Waals surface area contributed by atoms with Crippen LogP contribution in [-0.4, -0.2) is 28.7 Å². The van der Waals surface area contributed by atoms with Crippen LogP contribution in [0.25, 0.3) is 0 Å². The summed E-state index contributed by atoms with van der Waals surface area (Å²) in [5.41, 5.74) is 1.04. The van der Waals surface area contributed by atoms with E-state index >= 15 is 0 Å². The van der Waals surface area contributed by atoms with Crippen molar-refractivity contribution in [3.8, 4) is 5.75 Å². The van der Waals surface area contributed by atoms with Gasteiger partial charge in [-0.2, -0.15) is 11.8 Å². The Morgan fingerprint density at radius 2 is 2.12 bits per heavy atom. The van der Waals surface area contributed by atoms with E-state index in [9.17, 15) is 4.79 Å². The van der Waals surface area contributed by atoms with Gasteiger partial charge in [-0.05, 0) is 24.1 Å². The van der Waals surface area contributed by atoms with Crippen LogP contribution >= 0.6 is 11.8 Å². The summed E-state index contributed by atoms with van der Waals surface area (Å²) in [7, 11) is 0. The maximum absolute atomic E-state index is 10.7. The topological polar surface area (TPSA) is 46.5 Å². The molecule has 1 N–H and O–H groups in total. The van der Waals surface area contributed by atoms with Crippen molar-refractivity contribution in [2.75, 3.05) is 11.5 Å². The molecule has 1 aliphatic rings. The number of aliphatic carboxylic acids is 1. The summed E-state index contributed by atoms with van der Waals surface area (Å²) in [6.45, 7) is 1.72. The average molecular weight is 252 g/mol. The molecule has 17 heavy (non-hydrogen) atoms. The monoisotopic (exact) mass is 252 g/mol. The summed E-state index contributed by atoms with van der Waals surface area (Å²) < 4.78 is 5.72. The molecule has 1 aromatic rings. The van der Waals surface area contributed by atoms with Crippen LogP contribution in [0, 0.1) is 5.92 Å². The smallest absolute Gasteiger partial charge is 0.306 e. The van der Waals surface area contributed by atoms with E-state index in [1.54, 1.807) is 6.92 Å². The lowest BCUT2D eigenvalue weighted by Crippen LogP contribution is -2.30. The zero-order chi connectivity index (χ0) is 12.3. The molecule has 1 aromatic carbocycles. The first-order valence-electron chi connectivity index (χ1n) is 5.71. The largest absolute Gasteiger partial charge is 0.489 e. The molecule has 0 radical (unpaired) electrons. The molecule has 0 amide bonds. The van der Waals surface area contributed by atoms with Crippen LogP contribution in [0.3, 0.4) is 0 Å². The number of ether oxygens (including phenoxy) is 1. The van der Waals surface area contributed by atoms with Crippen molar-refractivity contribution in [2.45, 2.75) is 19.4 Å². The molecule has 1 aliphatic heterocycles. The molecule has 1 unspecified atom stereocenters. The number of hydrogen-bond acceptors (Lipinski definition) is 3. The Morgan fingerprint density at radius 3 is 2.59 bits per heavy atom. The first kappa shape index (κ1) is 12.3. The third kappa shape index (κ3) is 3.40. The molecule has 1 atom stereocenters. The van der Waals surface area contributed by atoms with Crippen molar-refractivity contribution < 1.29 is 14.6 Å². The fourth-order valence-corrected chi connectivity index (χ4v) is 2.18. The Kier molecular flexibility index (Phi) is 3.94. The summed E-state index contributed by atoms with van der Waals surface area (Å²) in [5.74, 6) is 1.92. The number of benzene rings is 1.